The Kier molecular flexibility index (Phi) is 3.79. The van der Waals surface area contributed by atoms with Crippen molar-refractivity contribution < 1.29 is 4.42 Å². The quantitative estimate of drug-likeness (QED) is 0.916. The zero-order chi connectivity index (χ0) is 11.4. The number of nitrogens with one attached hydrogen (secondary N) is 1. The third-order valence-electron chi connectivity index (χ3n) is 2.19. The summed E-state index contributed by atoms with van der Waals surface area (Å²) < 4.78 is 8.47. The van der Waals surface area contributed by atoms with Gasteiger partial charge in [-0.25, -0.2) is 0 Å². The predicted molar refractivity (Wildman–Crippen MR) is 65.1 cm³/mol. The minimum atomic E-state index is 0.664. The molecular weight excluding hydrogens is 270 g/mol. The van der Waals surface area contributed by atoms with Crippen molar-refractivity contribution in [2.45, 2.75) is 20.0 Å². The smallest absolute Gasteiger partial charge is 0.125 e. The molecule has 0 fully saturated rings. The average molecular weight is 284 g/mol. The van der Waals surface area contributed by atoms with Crippen molar-refractivity contribution in [3.05, 3.63) is 40.5 Å². The fraction of sp³-hybridized carbons (Fsp3) is 0.364. The maximum Gasteiger partial charge on any atom is 0.125 e. The van der Waals surface area contributed by atoms with Crippen LogP contribution in [0.4, 0.5) is 0 Å². The maximum absolute atomic E-state index is 5.66. The highest BCUT2D eigenvalue weighted by molar-refractivity contribution is 9.10. The monoisotopic (exact) mass is 283 g/mol. The first-order chi connectivity index (χ1) is 7.78. The van der Waals surface area contributed by atoms with E-state index < -0.39 is 0 Å². The molecule has 0 bridgehead atoms. The summed E-state index contributed by atoms with van der Waals surface area (Å²) in [5.41, 5.74) is 0. The Hall–Kier alpha value is -1.07. The second-order valence-corrected chi connectivity index (χ2v) is 4.42. The molecule has 0 amide bonds. The lowest BCUT2D eigenvalue weighted by molar-refractivity contribution is 0.432. The van der Waals surface area contributed by atoms with Gasteiger partial charge >= 0.3 is 0 Å². The highest BCUT2D eigenvalue weighted by atomic mass is 79.9. The molecule has 0 radical (unpaired) electrons. The molecule has 2 heterocycles. The summed E-state index contributed by atoms with van der Waals surface area (Å²) in [4.78, 5) is 0. The van der Waals surface area contributed by atoms with Crippen LogP contribution in [0.2, 0.25) is 0 Å². The number of hydrogen-bond donors (Lipinski definition) is 1. The molecule has 2 rings (SSSR count). The van der Waals surface area contributed by atoms with Gasteiger partial charge in [-0.05, 0) is 34.6 Å². The van der Waals surface area contributed by atoms with Gasteiger partial charge in [0.05, 0.1) is 23.8 Å². The predicted octanol–water partition coefficient (Wildman–Crippen LogP) is 2.40. The Bertz CT molecular complexity index is 450. The summed E-state index contributed by atoms with van der Waals surface area (Å²) in [6, 6.07) is 3.98. The first kappa shape index (κ1) is 11.4. The lowest BCUT2D eigenvalue weighted by atomic mass is 10.4. The van der Waals surface area contributed by atoms with Crippen LogP contribution >= 0.6 is 15.9 Å². The molecule has 4 nitrogen and oxygen atoms in total. The number of hydrogen-bond acceptors (Lipinski definition) is 3. The fourth-order valence-electron chi connectivity index (χ4n) is 1.43. The van der Waals surface area contributed by atoms with Gasteiger partial charge in [-0.15, -0.1) is 0 Å². The van der Waals surface area contributed by atoms with Gasteiger partial charge in [0.15, 0.2) is 0 Å². The van der Waals surface area contributed by atoms with Crippen molar-refractivity contribution in [2.75, 3.05) is 6.54 Å². The average Bonchev–Trinajstić information content (AvgIpc) is 2.86. The maximum atomic E-state index is 5.66. The number of nitrogens with zero attached hydrogens (tertiary/aromatic N) is 2. The molecule has 0 unspecified atom stereocenters. The van der Waals surface area contributed by atoms with Crippen LogP contribution in [0.15, 0.2) is 33.4 Å². The second-order valence-electron chi connectivity index (χ2n) is 3.50. The Morgan fingerprint density at radius 3 is 2.94 bits per heavy atom. The van der Waals surface area contributed by atoms with Gasteiger partial charge in [0.25, 0.3) is 0 Å². The van der Waals surface area contributed by atoms with E-state index in [1.165, 1.54) is 0 Å². The summed E-state index contributed by atoms with van der Waals surface area (Å²) in [6.45, 7) is 4.46. The molecule has 0 aliphatic heterocycles. The van der Waals surface area contributed by atoms with E-state index in [1.807, 2.05) is 23.0 Å². The van der Waals surface area contributed by atoms with E-state index in [0.717, 1.165) is 29.1 Å². The van der Waals surface area contributed by atoms with Crippen molar-refractivity contribution in [2.24, 2.45) is 0 Å². The molecule has 2 aromatic heterocycles. The van der Waals surface area contributed by atoms with Gasteiger partial charge in [0, 0.05) is 6.20 Å². The van der Waals surface area contributed by atoms with Crippen molar-refractivity contribution in [1.29, 1.82) is 0 Å². The summed E-state index contributed by atoms with van der Waals surface area (Å²) in [6.07, 6.45) is 3.69. The molecule has 0 spiro atoms. The molecule has 5 heteroatoms. The highest BCUT2D eigenvalue weighted by Gasteiger charge is 2.03. The lowest BCUT2D eigenvalue weighted by Crippen LogP contribution is -2.10. The summed E-state index contributed by atoms with van der Waals surface area (Å²) in [7, 11) is 0. The molecule has 0 aromatic carbocycles. The Morgan fingerprint density at radius 1 is 1.44 bits per heavy atom. The van der Waals surface area contributed by atoms with Crippen molar-refractivity contribution >= 4 is 15.9 Å². The van der Waals surface area contributed by atoms with Crippen LogP contribution in [-0.4, -0.2) is 16.3 Å². The van der Waals surface area contributed by atoms with E-state index in [2.05, 4.69) is 33.3 Å². The second kappa shape index (κ2) is 5.32. The fourth-order valence-corrected chi connectivity index (χ4v) is 1.76. The van der Waals surface area contributed by atoms with Crippen LogP contribution in [0.25, 0.3) is 0 Å². The van der Waals surface area contributed by atoms with Crippen LogP contribution in [0.5, 0.6) is 0 Å². The van der Waals surface area contributed by atoms with Gasteiger partial charge in [-0.3, -0.25) is 4.68 Å². The van der Waals surface area contributed by atoms with Gasteiger partial charge in [-0.1, -0.05) is 6.92 Å². The molecule has 2 aromatic rings. The Labute approximate surface area is 103 Å². The van der Waals surface area contributed by atoms with E-state index in [9.17, 15) is 0 Å². The molecule has 16 heavy (non-hydrogen) atoms. The molecule has 86 valence electrons. The molecule has 0 aliphatic rings. The lowest BCUT2D eigenvalue weighted by Gasteiger charge is -1.98. The molecule has 1 N–H and O–H groups in total. The van der Waals surface area contributed by atoms with Crippen molar-refractivity contribution in [3.8, 4) is 0 Å². The summed E-state index contributed by atoms with van der Waals surface area (Å²) >= 11 is 3.36. The summed E-state index contributed by atoms with van der Waals surface area (Å²) in [5, 5.41) is 7.40. The third kappa shape index (κ3) is 2.96. The van der Waals surface area contributed by atoms with E-state index in [0.29, 0.717) is 6.54 Å². The van der Waals surface area contributed by atoms with Crippen LogP contribution in [0, 0.1) is 0 Å². The standard InChI is InChI=1S/C11H14BrN3O/c1-2-13-6-10-3-4-11(16-10)8-15-7-9(12)5-14-15/h3-5,7,13H,2,6,8H2,1H3. The van der Waals surface area contributed by atoms with Crippen LogP contribution in [0.1, 0.15) is 18.4 Å². The molecule has 0 saturated heterocycles. The van der Waals surface area contributed by atoms with E-state index in [4.69, 9.17) is 4.42 Å². The Morgan fingerprint density at radius 2 is 2.25 bits per heavy atom. The van der Waals surface area contributed by atoms with Crippen molar-refractivity contribution in [3.63, 3.8) is 0 Å². The van der Waals surface area contributed by atoms with Crippen molar-refractivity contribution in [1.82, 2.24) is 15.1 Å². The first-order valence-corrected chi connectivity index (χ1v) is 6.03. The molecule has 0 aliphatic carbocycles. The largest absolute Gasteiger partial charge is 0.463 e. The third-order valence-corrected chi connectivity index (χ3v) is 2.60. The zero-order valence-corrected chi connectivity index (χ0v) is 10.7. The van der Waals surface area contributed by atoms with Gasteiger partial charge in [0.1, 0.15) is 11.5 Å². The summed E-state index contributed by atoms with van der Waals surface area (Å²) in [5.74, 6) is 1.88. The van der Waals surface area contributed by atoms with Gasteiger partial charge < -0.3 is 9.73 Å². The van der Waals surface area contributed by atoms with Crippen LogP contribution < -0.4 is 5.32 Å². The Balaban J connectivity index is 1.97. The first-order valence-electron chi connectivity index (χ1n) is 5.24. The number of furan rings is 1. The van der Waals surface area contributed by atoms with E-state index in [-0.39, 0.29) is 0 Å². The van der Waals surface area contributed by atoms with Gasteiger partial charge in [0.2, 0.25) is 0 Å². The highest BCUT2D eigenvalue weighted by Crippen LogP contribution is 2.11. The van der Waals surface area contributed by atoms with E-state index in [1.54, 1.807) is 6.20 Å². The minimum absolute atomic E-state index is 0.664. The topological polar surface area (TPSA) is 43.0 Å². The normalized spacial score (nSPS) is 10.9. The molecular formula is C11H14BrN3O. The minimum Gasteiger partial charge on any atom is -0.463 e. The zero-order valence-electron chi connectivity index (χ0n) is 9.11. The number of aromatic nitrogens is 2. The molecule has 0 atom stereocenters. The van der Waals surface area contributed by atoms with Crippen LogP contribution in [-0.2, 0) is 13.1 Å². The number of halogens is 1. The number of rotatable bonds is 5. The SMILES string of the molecule is CCNCc1ccc(Cn2cc(Br)cn2)o1. The van der Waals surface area contributed by atoms with E-state index >= 15 is 0 Å². The van der Waals surface area contributed by atoms with Crippen LogP contribution in [0.3, 0.4) is 0 Å². The molecule has 0 saturated carbocycles. The van der Waals surface area contributed by atoms with Gasteiger partial charge in [-0.2, -0.15) is 5.10 Å².